The highest BCUT2D eigenvalue weighted by Gasteiger charge is 2.30. The molecule has 0 spiro atoms. The quantitative estimate of drug-likeness (QED) is 0.530. The van der Waals surface area contributed by atoms with Crippen molar-refractivity contribution in [3.8, 4) is 0 Å². The molecule has 2 aromatic carbocycles. The van der Waals surface area contributed by atoms with Crippen LogP contribution in [0, 0.1) is 0 Å². The SMILES string of the molecule is CC(=O)Nc1ccc(CNC(=O)c2cccnc2Nc2cccc(C(F)(F)F)c2)cc1. The zero-order chi connectivity index (χ0) is 22.4. The van der Waals surface area contributed by atoms with Crippen LogP contribution in [0.3, 0.4) is 0 Å². The Kier molecular flexibility index (Phi) is 6.54. The first-order valence-corrected chi connectivity index (χ1v) is 9.26. The minimum absolute atomic E-state index is 0.139. The summed E-state index contributed by atoms with van der Waals surface area (Å²) in [4.78, 5) is 27.8. The largest absolute Gasteiger partial charge is 0.416 e. The molecule has 0 saturated carbocycles. The molecule has 0 bridgehead atoms. The molecule has 3 aromatic rings. The maximum absolute atomic E-state index is 12.9. The molecule has 0 fully saturated rings. The fraction of sp³-hybridized carbons (Fsp3) is 0.136. The van der Waals surface area contributed by atoms with E-state index >= 15 is 0 Å². The van der Waals surface area contributed by atoms with Gasteiger partial charge in [0, 0.05) is 31.0 Å². The van der Waals surface area contributed by atoms with Crippen LogP contribution in [0.1, 0.15) is 28.4 Å². The second kappa shape index (κ2) is 9.29. The van der Waals surface area contributed by atoms with Crippen LogP contribution in [0.4, 0.5) is 30.4 Å². The number of carbonyl (C=O) groups is 2. The Labute approximate surface area is 176 Å². The number of nitrogens with one attached hydrogen (secondary N) is 3. The number of benzene rings is 2. The van der Waals surface area contributed by atoms with Crippen LogP contribution in [0.15, 0.2) is 66.9 Å². The van der Waals surface area contributed by atoms with E-state index in [1.165, 1.54) is 31.3 Å². The van der Waals surface area contributed by atoms with E-state index in [4.69, 9.17) is 0 Å². The standard InChI is InChI=1S/C22H19F3N4O2/c1-14(30)28-17-9-7-15(8-10-17)13-27-21(31)19-6-3-11-26-20(19)29-18-5-2-4-16(12-18)22(23,24)25/h2-12H,13H2,1H3,(H,26,29)(H,27,31)(H,28,30). The van der Waals surface area contributed by atoms with E-state index < -0.39 is 17.6 Å². The molecule has 160 valence electrons. The van der Waals surface area contributed by atoms with Crippen LogP contribution < -0.4 is 16.0 Å². The van der Waals surface area contributed by atoms with Gasteiger partial charge in [0.05, 0.1) is 11.1 Å². The summed E-state index contributed by atoms with van der Waals surface area (Å²) >= 11 is 0. The summed E-state index contributed by atoms with van der Waals surface area (Å²) in [5.41, 5.74) is 0.995. The van der Waals surface area contributed by atoms with Crippen LogP contribution in [0.2, 0.25) is 0 Å². The van der Waals surface area contributed by atoms with Crippen LogP contribution in [0.5, 0.6) is 0 Å². The average molecular weight is 428 g/mol. The number of nitrogens with zero attached hydrogens (tertiary/aromatic N) is 1. The summed E-state index contributed by atoms with van der Waals surface area (Å²) in [7, 11) is 0. The lowest BCUT2D eigenvalue weighted by molar-refractivity contribution is -0.137. The minimum Gasteiger partial charge on any atom is -0.348 e. The predicted molar refractivity (Wildman–Crippen MR) is 111 cm³/mol. The number of aromatic nitrogens is 1. The highest BCUT2D eigenvalue weighted by Crippen LogP contribution is 2.31. The fourth-order valence-corrected chi connectivity index (χ4v) is 2.78. The smallest absolute Gasteiger partial charge is 0.348 e. The summed E-state index contributed by atoms with van der Waals surface area (Å²) in [5.74, 6) is -0.479. The highest BCUT2D eigenvalue weighted by molar-refractivity contribution is 5.99. The van der Waals surface area contributed by atoms with Crippen molar-refractivity contribution in [2.45, 2.75) is 19.6 Å². The first kappa shape index (κ1) is 21.8. The van der Waals surface area contributed by atoms with Gasteiger partial charge in [-0.05, 0) is 48.0 Å². The lowest BCUT2D eigenvalue weighted by atomic mass is 10.1. The van der Waals surface area contributed by atoms with Gasteiger partial charge in [-0.25, -0.2) is 4.98 Å². The molecule has 2 amide bonds. The summed E-state index contributed by atoms with van der Waals surface area (Å²) in [6.07, 6.45) is -3.04. The Bertz CT molecular complexity index is 1080. The van der Waals surface area contributed by atoms with E-state index in [1.54, 1.807) is 30.3 Å². The van der Waals surface area contributed by atoms with Gasteiger partial charge >= 0.3 is 6.18 Å². The summed E-state index contributed by atoms with van der Waals surface area (Å²) < 4.78 is 38.8. The fourth-order valence-electron chi connectivity index (χ4n) is 2.78. The van der Waals surface area contributed by atoms with Crippen LogP contribution in [-0.2, 0) is 17.5 Å². The lowest BCUT2D eigenvalue weighted by Gasteiger charge is -2.13. The Morgan fingerprint density at radius 3 is 2.39 bits per heavy atom. The monoisotopic (exact) mass is 428 g/mol. The van der Waals surface area contributed by atoms with E-state index in [1.807, 2.05) is 0 Å². The lowest BCUT2D eigenvalue weighted by Crippen LogP contribution is -2.24. The van der Waals surface area contributed by atoms with Gasteiger partial charge in [0.15, 0.2) is 0 Å². The first-order valence-electron chi connectivity index (χ1n) is 9.26. The van der Waals surface area contributed by atoms with Gasteiger partial charge in [-0.15, -0.1) is 0 Å². The first-order chi connectivity index (χ1) is 14.7. The normalized spacial score (nSPS) is 11.0. The van der Waals surface area contributed by atoms with Gasteiger partial charge in [-0.3, -0.25) is 9.59 Å². The molecule has 0 aliphatic rings. The molecule has 0 aliphatic heterocycles. The zero-order valence-electron chi connectivity index (χ0n) is 16.5. The highest BCUT2D eigenvalue weighted by atomic mass is 19.4. The maximum atomic E-state index is 12.9. The molecule has 6 nitrogen and oxygen atoms in total. The molecule has 0 radical (unpaired) electrons. The number of anilines is 3. The average Bonchev–Trinajstić information content (AvgIpc) is 2.73. The molecule has 0 aliphatic carbocycles. The summed E-state index contributed by atoms with van der Waals surface area (Å²) in [6, 6.07) is 14.7. The molecule has 1 aromatic heterocycles. The van der Waals surface area contributed by atoms with Gasteiger partial charge in [0.2, 0.25) is 5.91 Å². The van der Waals surface area contributed by atoms with Crippen molar-refractivity contribution in [1.29, 1.82) is 0 Å². The Morgan fingerprint density at radius 1 is 0.968 bits per heavy atom. The van der Waals surface area contributed by atoms with Gasteiger partial charge in [-0.1, -0.05) is 18.2 Å². The van der Waals surface area contributed by atoms with Crippen LogP contribution in [0.25, 0.3) is 0 Å². The van der Waals surface area contributed by atoms with Crippen LogP contribution in [-0.4, -0.2) is 16.8 Å². The number of halogens is 3. The van der Waals surface area contributed by atoms with Crippen molar-refractivity contribution < 1.29 is 22.8 Å². The molecular weight excluding hydrogens is 409 g/mol. The van der Waals surface area contributed by atoms with E-state index in [0.717, 1.165) is 17.7 Å². The van der Waals surface area contributed by atoms with Crippen molar-refractivity contribution in [3.63, 3.8) is 0 Å². The zero-order valence-corrected chi connectivity index (χ0v) is 16.5. The Balaban J connectivity index is 1.70. The number of hydrogen-bond acceptors (Lipinski definition) is 4. The van der Waals surface area contributed by atoms with Gasteiger partial charge in [0.25, 0.3) is 5.91 Å². The molecule has 3 rings (SSSR count). The summed E-state index contributed by atoms with van der Waals surface area (Å²) in [6.45, 7) is 1.63. The second-order valence-electron chi connectivity index (χ2n) is 6.66. The number of pyridine rings is 1. The minimum atomic E-state index is -4.47. The second-order valence-corrected chi connectivity index (χ2v) is 6.66. The number of amides is 2. The van der Waals surface area contributed by atoms with Crippen molar-refractivity contribution in [1.82, 2.24) is 10.3 Å². The molecular formula is C22H19F3N4O2. The molecule has 31 heavy (non-hydrogen) atoms. The van der Waals surface area contributed by atoms with Crippen molar-refractivity contribution >= 4 is 29.0 Å². The third-order valence-corrected chi connectivity index (χ3v) is 4.23. The van der Waals surface area contributed by atoms with E-state index in [2.05, 4.69) is 20.9 Å². The summed E-state index contributed by atoms with van der Waals surface area (Å²) in [5, 5.41) is 8.18. The Hall–Kier alpha value is -3.88. The number of hydrogen-bond donors (Lipinski definition) is 3. The predicted octanol–water partition coefficient (Wildman–Crippen LogP) is 4.73. The van der Waals surface area contributed by atoms with Gasteiger partial charge < -0.3 is 16.0 Å². The molecule has 1 heterocycles. The topological polar surface area (TPSA) is 83.1 Å². The molecule has 0 saturated heterocycles. The third-order valence-electron chi connectivity index (χ3n) is 4.23. The maximum Gasteiger partial charge on any atom is 0.416 e. The van der Waals surface area contributed by atoms with E-state index in [9.17, 15) is 22.8 Å². The Morgan fingerprint density at radius 2 is 1.71 bits per heavy atom. The number of carbonyl (C=O) groups excluding carboxylic acids is 2. The number of alkyl halides is 3. The molecule has 3 N–H and O–H groups in total. The van der Waals surface area contributed by atoms with Crippen molar-refractivity contribution in [2.24, 2.45) is 0 Å². The van der Waals surface area contributed by atoms with E-state index in [-0.39, 0.29) is 29.5 Å². The van der Waals surface area contributed by atoms with Gasteiger partial charge in [-0.2, -0.15) is 13.2 Å². The van der Waals surface area contributed by atoms with E-state index in [0.29, 0.717) is 5.69 Å². The number of rotatable bonds is 6. The van der Waals surface area contributed by atoms with Crippen molar-refractivity contribution in [3.05, 3.63) is 83.6 Å². The van der Waals surface area contributed by atoms with Crippen LogP contribution >= 0.6 is 0 Å². The molecule has 0 atom stereocenters. The molecule has 9 heteroatoms. The van der Waals surface area contributed by atoms with Crippen molar-refractivity contribution in [2.75, 3.05) is 10.6 Å². The van der Waals surface area contributed by atoms with Gasteiger partial charge in [0.1, 0.15) is 5.82 Å². The third kappa shape index (κ3) is 6.05. The molecule has 0 unspecified atom stereocenters.